The highest BCUT2D eigenvalue weighted by Crippen LogP contribution is 2.41. The molecule has 1 fully saturated rings. The molecule has 0 radical (unpaired) electrons. The molecule has 2 heteroatoms. The summed E-state index contributed by atoms with van der Waals surface area (Å²) in [5.41, 5.74) is 5.02. The first-order valence-corrected chi connectivity index (χ1v) is 8.19. The van der Waals surface area contributed by atoms with Gasteiger partial charge in [0.05, 0.1) is 12.0 Å². The zero-order chi connectivity index (χ0) is 16.3. The molecule has 3 unspecified atom stereocenters. The van der Waals surface area contributed by atoms with Gasteiger partial charge in [0.1, 0.15) is 5.78 Å². The van der Waals surface area contributed by atoms with Crippen LogP contribution in [0, 0.1) is 25.2 Å². The molecule has 0 aromatic heterocycles. The van der Waals surface area contributed by atoms with E-state index in [0.29, 0.717) is 6.42 Å². The third-order valence-corrected chi connectivity index (χ3v) is 4.83. The van der Waals surface area contributed by atoms with Gasteiger partial charge in [-0.25, -0.2) is 0 Å². The van der Waals surface area contributed by atoms with Crippen molar-refractivity contribution < 1.29 is 9.53 Å². The van der Waals surface area contributed by atoms with Gasteiger partial charge in [0.2, 0.25) is 0 Å². The fourth-order valence-corrected chi connectivity index (χ4v) is 3.79. The van der Waals surface area contributed by atoms with E-state index in [1.165, 1.54) is 22.3 Å². The third kappa shape index (κ3) is 2.96. The number of ketones is 1. The Hall–Kier alpha value is -1.59. The van der Waals surface area contributed by atoms with Crippen molar-refractivity contribution in [3.63, 3.8) is 0 Å². The molecule has 22 heavy (non-hydrogen) atoms. The highest BCUT2D eigenvalue weighted by Gasteiger charge is 2.44. The minimum Gasteiger partial charge on any atom is -0.380 e. The quantitative estimate of drug-likeness (QED) is 0.772. The van der Waals surface area contributed by atoms with Crippen molar-refractivity contribution in [1.82, 2.24) is 0 Å². The molecular weight excluding hydrogens is 272 g/mol. The second-order valence-corrected chi connectivity index (χ2v) is 6.20. The Morgan fingerprint density at radius 2 is 1.86 bits per heavy atom. The van der Waals surface area contributed by atoms with Crippen LogP contribution >= 0.6 is 0 Å². The summed E-state index contributed by atoms with van der Waals surface area (Å²) in [4.78, 5) is 12.9. The van der Waals surface area contributed by atoms with Crippen molar-refractivity contribution in [3.05, 3.63) is 34.4 Å². The number of Topliss-reactive ketones (excluding diaryl/α,β-unsaturated/α-hetero) is 1. The molecule has 1 aromatic carbocycles. The van der Waals surface area contributed by atoms with Crippen molar-refractivity contribution in [2.24, 2.45) is 5.92 Å². The molecule has 3 atom stereocenters. The van der Waals surface area contributed by atoms with E-state index in [9.17, 15) is 4.79 Å². The average Bonchev–Trinajstić information content (AvgIpc) is 2.83. The zero-order valence-corrected chi connectivity index (χ0v) is 14.1. The largest absolute Gasteiger partial charge is 0.380 e. The van der Waals surface area contributed by atoms with Gasteiger partial charge in [0, 0.05) is 19.4 Å². The zero-order valence-electron chi connectivity index (χ0n) is 14.1. The summed E-state index contributed by atoms with van der Waals surface area (Å²) in [6, 6.07) is 4.42. The van der Waals surface area contributed by atoms with Gasteiger partial charge in [0.25, 0.3) is 0 Å². The van der Waals surface area contributed by atoms with Crippen LogP contribution in [0.1, 0.15) is 54.9 Å². The van der Waals surface area contributed by atoms with E-state index in [4.69, 9.17) is 11.2 Å². The van der Waals surface area contributed by atoms with Crippen LogP contribution < -0.4 is 0 Å². The van der Waals surface area contributed by atoms with E-state index in [0.717, 1.165) is 19.3 Å². The lowest BCUT2D eigenvalue weighted by molar-refractivity contribution is -0.122. The van der Waals surface area contributed by atoms with Crippen LogP contribution in [0.5, 0.6) is 0 Å². The molecule has 0 bridgehead atoms. The van der Waals surface area contributed by atoms with Gasteiger partial charge in [-0.1, -0.05) is 31.5 Å². The van der Waals surface area contributed by atoms with Crippen LogP contribution in [-0.2, 0) is 22.4 Å². The number of carbonyl (C=O) groups is 1. The Balaban J connectivity index is 2.54. The molecule has 1 saturated carbocycles. The average molecular weight is 298 g/mol. The monoisotopic (exact) mass is 298 g/mol. The first-order chi connectivity index (χ1) is 10.6. The van der Waals surface area contributed by atoms with Gasteiger partial charge in [-0.2, -0.15) is 0 Å². The lowest BCUT2D eigenvalue weighted by atomic mass is 9.83. The Kier molecular flexibility index (Phi) is 5.42. The Morgan fingerprint density at radius 3 is 2.32 bits per heavy atom. The molecule has 0 saturated heterocycles. The lowest BCUT2D eigenvalue weighted by Gasteiger charge is -2.23. The van der Waals surface area contributed by atoms with E-state index >= 15 is 0 Å². The fourth-order valence-electron chi connectivity index (χ4n) is 3.79. The van der Waals surface area contributed by atoms with Gasteiger partial charge in [0.15, 0.2) is 0 Å². The van der Waals surface area contributed by atoms with Gasteiger partial charge >= 0.3 is 0 Å². The van der Waals surface area contributed by atoms with Crippen molar-refractivity contribution in [2.75, 3.05) is 7.11 Å². The minimum atomic E-state index is -0.158. The number of ether oxygens (including phenoxy) is 1. The summed E-state index contributed by atoms with van der Waals surface area (Å²) in [5.74, 6) is 2.69. The van der Waals surface area contributed by atoms with Crippen LogP contribution in [-0.4, -0.2) is 19.0 Å². The van der Waals surface area contributed by atoms with Crippen LogP contribution in [0.25, 0.3) is 0 Å². The number of aryl methyl sites for hydroxylation is 3. The van der Waals surface area contributed by atoms with Crippen molar-refractivity contribution in [1.29, 1.82) is 0 Å². The first-order valence-electron chi connectivity index (χ1n) is 8.19. The second kappa shape index (κ2) is 7.11. The molecular formula is C20H26O2. The number of benzene rings is 1. The summed E-state index contributed by atoms with van der Waals surface area (Å²) in [6.45, 7) is 6.42. The predicted molar refractivity (Wildman–Crippen MR) is 90.0 cm³/mol. The third-order valence-electron chi connectivity index (χ3n) is 4.83. The Bertz CT molecular complexity index is 569. The maximum atomic E-state index is 12.9. The van der Waals surface area contributed by atoms with Gasteiger partial charge in [-0.05, 0) is 42.9 Å². The minimum absolute atomic E-state index is 0.0517. The van der Waals surface area contributed by atoms with Crippen molar-refractivity contribution in [2.45, 2.75) is 58.5 Å². The van der Waals surface area contributed by atoms with E-state index in [-0.39, 0.29) is 23.7 Å². The maximum Gasteiger partial charge on any atom is 0.147 e. The molecule has 0 aliphatic heterocycles. The smallest absolute Gasteiger partial charge is 0.147 e. The molecule has 2 rings (SSSR count). The SMILES string of the molecule is C#CCC1CC(OC)C(c2c(CC)cc(C)cc2CC)C1=O. The van der Waals surface area contributed by atoms with E-state index in [1.54, 1.807) is 7.11 Å². The number of carbonyl (C=O) groups excluding carboxylic acids is 1. The number of terminal acetylenes is 1. The molecule has 0 amide bonds. The summed E-state index contributed by atoms with van der Waals surface area (Å²) in [6.07, 6.45) is 8.51. The highest BCUT2D eigenvalue weighted by molar-refractivity contribution is 5.92. The Labute approximate surface area is 134 Å². The van der Waals surface area contributed by atoms with E-state index < -0.39 is 0 Å². The van der Waals surface area contributed by atoms with Crippen LogP contribution in [0.2, 0.25) is 0 Å². The van der Waals surface area contributed by atoms with Gasteiger partial charge in [-0.3, -0.25) is 4.79 Å². The summed E-state index contributed by atoms with van der Waals surface area (Å²) in [5, 5.41) is 0. The highest BCUT2D eigenvalue weighted by atomic mass is 16.5. The standard InChI is InChI=1S/C20H26O2/c1-6-9-16-12-17(22-5)19(20(16)21)18-14(7-2)10-13(4)11-15(18)8-3/h1,10-11,16-17,19H,7-9,12H2,2-5H3. The second-order valence-electron chi connectivity index (χ2n) is 6.20. The number of hydrogen-bond acceptors (Lipinski definition) is 2. The molecule has 2 nitrogen and oxygen atoms in total. The van der Waals surface area contributed by atoms with Gasteiger partial charge in [-0.15, -0.1) is 12.3 Å². The number of rotatable bonds is 5. The predicted octanol–water partition coefficient (Wildman–Crippen LogP) is 3.83. The van der Waals surface area contributed by atoms with Crippen LogP contribution in [0.4, 0.5) is 0 Å². The summed E-state index contributed by atoms with van der Waals surface area (Å²) in [7, 11) is 1.70. The number of hydrogen-bond donors (Lipinski definition) is 0. The van der Waals surface area contributed by atoms with Crippen molar-refractivity contribution >= 4 is 5.78 Å². The topological polar surface area (TPSA) is 26.3 Å². The van der Waals surface area contributed by atoms with Crippen LogP contribution in [0.3, 0.4) is 0 Å². The summed E-state index contributed by atoms with van der Waals surface area (Å²) >= 11 is 0. The van der Waals surface area contributed by atoms with Gasteiger partial charge < -0.3 is 4.74 Å². The normalized spacial score (nSPS) is 24.5. The fraction of sp³-hybridized carbons (Fsp3) is 0.550. The van der Waals surface area contributed by atoms with E-state index in [2.05, 4.69) is 38.8 Å². The molecule has 0 spiro atoms. The molecule has 1 aliphatic rings. The lowest BCUT2D eigenvalue weighted by Crippen LogP contribution is -2.23. The molecule has 118 valence electrons. The molecule has 0 heterocycles. The van der Waals surface area contributed by atoms with Crippen LogP contribution in [0.15, 0.2) is 12.1 Å². The van der Waals surface area contributed by atoms with Crippen molar-refractivity contribution in [3.8, 4) is 12.3 Å². The van der Waals surface area contributed by atoms with E-state index in [1.807, 2.05) is 0 Å². The first kappa shape index (κ1) is 16.8. The summed E-state index contributed by atoms with van der Waals surface area (Å²) < 4.78 is 5.66. The molecule has 0 N–H and O–H groups in total. The molecule has 1 aromatic rings. The Morgan fingerprint density at radius 1 is 1.27 bits per heavy atom. The molecule has 1 aliphatic carbocycles. The maximum absolute atomic E-state index is 12.9. The number of methoxy groups -OCH3 is 1.